The second-order valence-corrected chi connectivity index (χ2v) is 8.15. The van der Waals surface area contributed by atoms with Gasteiger partial charge in [-0.15, -0.1) is 0 Å². The largest absolute Gasteiger partial charge is 0.380 e. The monoisotopic (exact) mass is 376 g/mol. The maximum Gasteiger partial charge on any atom is 0.155 e. The van der Waals surface area contributed by atoms with Gasteiger partial charge in [-0.3, -0.25) is 4.98 Å². The molecule has 1 aliphatic carbocycles. The third-order valence-electron chi connectivity index (χ3n) is 6.30. The topological polar surface area (TPSA) is 58.4 Å². The Kier molecular flexibility index (Phi) is 4.95. The van der Waals surface area contributed by atoms with Crippen LogP contribution >= 0.6 is 0 Å². The van der Waals surface area contributed by atoms with Gasteiger partial charge in [0, 0.05) is 30.9 Å². The highest BCUT2D eigenvalue weighted by Crippen LogP contribution is 2.31. The summed E-state index contributed by atoms with van der Waals surface area (Å²) in [5, 5.41) is 8.25. The molecule has 1 N–H and O–H groups in total. The van der Waals surface area contributed by atoms with E-state index in [9.17, 15) is 0 Å². The first-order chi connectivity index (χ1) is 13.8. The highest BCUT2D eigenvalue weighted by Gasteiger charge is 2.29. The molecule has 6 nitrogen and oxygen atoms in total. The van der Waals surface area contributed by atoms with Crippen LogP contribution in [0.25, 0.3) is 5.65 Å². The zero-order chi connectivity index (χ0) is 18.8. The van der Waals surface area contributed by atoms with Crippen LogP contribution in [-0.2, 0) is 6.54 Å². The molecular weight excluding hydrogens is 348 g/mol. The first kappa shape index (κ1) is 17.6. The minimum Gasteiger partial charge on any atom is -0.380 e. The molecule has 4 heterocycles. The maximum atomic E-state index is 4.81. The lowest BCUT2D eigenvalue weighted by Gasteiger charge is -2.35. The van der Waals surface area contributed by atoms with Gasteiger partial charge in [-0.05, 0) is 62.5 Å². The van der Waals surface area contributed by atoms with Crippen LogP contribution in [0.15, 0.2) is 42.9 Å². The van der Waals surface area contributed by atoms with Crippen molar-refractivity contribution in [2.75, 3.05) is 18.4 Å². The van der Waals surface area contributed by atoms with E-state index in [1.165, 1.54) is 51.6 Å². The average Bonchev–Trinajstić information content (AvgIpc) is 3.43. The number of rotatable bonds is 5. The van der Waals surface area contributed by atoms with Crippen LogP contribution in [0.5, 0.6) is 0 Å². The van der Waals surface area contributed by atoms with Gasteiger partial charge in [-0.25, -0.2) is 9.50 Å². The summed E-state index contributed by atoms with van der Waals surface area (Å²) < 4.78 is 1.92. The van der Waals surface area contributed by atoms with Crippen molar-refractivity contribution in [2.45, 2.75) is 57.0 Å². The summed E-state index contributed by atoms with van der Waals surface area (Å²) in [5.41, 5.74) is 3.14. The molecule has 1 aliphatic heterocycles. The smallest absolute Gasteiger partial charge is 0.155 e. The Balaban J connectivity index is 1.24. The van der Waals surface area contributed by atoms with Gasteiger partial charge >= 0.3 is 0 Å². The maximum absolute atomic E-state index is 4.81. The van der Waals surface area contributed by atoms with E-state index in [0.717, 1.165) is 35.3 Å². The second kappa shape index (κ2) is 7.87. The van der Waals surface area contributed by atoms with Crippen molar-refractivity contribution in [1.29, 1.82) is 0 Å². The third kappa shape index (κ3) is 3.74. The van der Waals surface area contributed by atoms with Gasteiger partial charge in [0.1, 0.15) is 0 Å². The molecule has 3 aromatic rings. The SMILES string of the molecule is c1cncc(CNc2ccc3nc(C4CCN(C5CCCC5)CC4)nn3c2)c1. The molecule has 2 aliphatic rings. The molecule has 0 unspecified atom stereocenters. The summed E-state index contributed by atoms with van der Waals surface area (Å²) in [7, 11) is 0. The summed E-state index contributed by atoms with van der Waals surface area (Å²) in [5.74, 6) is 1.50. The van der Waals surface area contributed by atoms with Gasteiger partial charge in [-0.2, -0.15) is 5.10 Å². The van der Waals surface area contributed by atoms with Gasteiger partial charge in [0.25, 0.3) is 0 Å². The van der Waals surface area contributed by atoms with E-state index in [2.05, 4.69) is 33.4 Å². The minimum absolute atomic E-state index is 0.490. The van der Waals surface area contributed by atoms with E-state index in [1.807, 2.05) is 23.0 Å². The molecule has 146 valence electrons. The summed E-state index contributed by atoms with van der Waals surface area (Å²) in [6, 6.07) is 9.00. The standard InChI is InChI=1S/C22H28N6/c1-2-6-20(5-1)27-12-9-18(10-13-27)22-25-21-8-7-19(16-28(21)26-22)24-15-17-4-3-11-23-14-17/h3-4,7-8,11,14,16,18,20,24H,1-2,5-6,9-10,12-13,15H2. The van der Waals surface area contributed by atoms with Crippen LogP contribution < -0.4 is 5.32 Å². The van der Waals surface area contributed by atoms with E-state index in [0.29, 0.717) is 5.92 Å². The van der Waals surface area contributed by atoms with Crippen LogP contribution in [0.3, 0.4) is 0 Å². The van der Waals surface area contributed by atoms with E-state index >= 15 is 0 Å². The van der Waals surface area contributed by atoms with Crippen LogP contribution in [0, 0.1) is 0 Å². The van der Waals surface area contributed by atoms with Crippen molar-refractivity contribution in [1.82, 2.24) is 24.5 Å². The summed E-state index contributed by atoms with van der Waals surface area (Å²) in [6.07, 6.45) is 13.7. The molecule has 0 aromatic carbocycles. The molecule has 0 spiro atoms. The predicted octanol–water partition coefficient (Wildman–Crippen LogP) is 3.86. The molecule has 1 saturated carbocycles. The third-order valence-corrected chi connectivity index (χ3v) is 6.30. The number of piperidine rings is 1. The molecule has 28 heavy (non-hydrogen) atoms. The number of anilines is 1. The summed E-state index contributed by atoms with van der Waals surface area (Å²) in [4.78, 5) is 11.7. The number of likely N-dealkylation sites (tertiary alicyclic amines) is 1. The molecule has 0 radical (unpaired) electrons. The number of hydrogen-bond donors (Lipinski definition) is 1. The zero-order valence-corrected chi connectivity index (χ0v) is 16.3. The Hall–Kier alpha value is -2.47. The van der Waals surface area contributed by atoms with E-state index in [1.54, 1.807) is 6.20 Å². The Labute approximate surface area is 166 Å². The van der Waals surface area contributed by atoms with Gasteiger partial charge in [0.2, 0.25) is 0 Å². The molecule has 1 saturated heterocycles. The van der Waals surface area contributed by atoms with E-state index < -0.39 is 0 Å². The number of nitrogens with one attached hydrogen (secondary N) is 1. The lowest BCUT2D eigenvalue weighted by atomic mass is 9.95. The molecule has 0 bridgehead atoms. The van der Waals surface area contributed by atoms with E-state index in [4.69, 9.17) is 10.1 Å². The molecule has 6 heteroatoms. The number of fused-ring (bicyclic) bond motifs is 1. The quantitative estimate of drug-likeness (QED) is 0.733. The lowest BCUT2D eigenvalue weighted by Crippen LogP contribution is -2.39. The fourth-order valence-electron chi connectivity index (χ4n) is 4.68. The number of nitrogens with zero attached hydrogens (tertiary/aromatic N) is 5. The van der Waals surface area contributed by atoms with Gasteiger partial charge in [0.05, 0.1) is 11.9 Å². The van der Waals surface area contributed by atoms with Crippen molar-refractivity contribution in [3.8, 4) is 0 Å². The fourth-order valence-corrected chi connectivity index (χ4v) is 4.68. The van der Waals surface area contributed by atoms with Crippen molar-refractivity contribution < 1.29 is 0 Å². The molecule has 3 aromatic heterocycles. The Bertz CT molecular complexity index is 907. The molecular formula is C22H28N6. The first-order valence-corrected chi connectivity index (χ1v) is 10.6. The first-order valence-electron chi connectivity index (χ1n) is 10.6. The van der Waals surface area contributed by atoms with Crippen molar-refractivity contribution in [2.24, 2.45) is 0 Å². The minimum atomic E-state index is 0.490. The second-order valence-electron chi connectivity index (χ2n) is 8.15. The molecule has 2 fully saturated rings. The predicted molar refractivity (Wildman–Crippen MR) is 110 cm³/mol. The highest BCUT2D eigenvalue weighted by atomic mass is 15.3. The van der Waals surface area contributed by atoms with Crippen molar-refractivity contribution in [3.63, 3.8) is 0 Å². The van der Waals surface area contributed by atoms with Crippen LogP contribution in [0.1, 0.15) is 55.8 Å². The average molecular weight is 377 g/mol. The normalized spacial score (nSPS) is 19.4. The number of hydrogen-bond acceptors (Lipinski definition) is 5. The van der Waals surface area contributed by atoms with Crippen molar-refractivity contribution >= 4 is 11.3 Å². The van der Waals surface area contributed by atoms with Crippen molar-refractivity contribution in [3.05, 3.63) is 54.2 Å². The van der Waals surface area contributed by atoms with Crippen LogP contribution in [0.2, 0.25) is 0 Å². The van der Waals surface area contributed by atoms with E-state index in [-0.39, 0.29) is 0 Å². The Morgan fingerprint density at radius 3 is 2.68 bits per heavy atom. The molecule has 0 atom stereocenters. The number of aromatic nitrogens is 4. The zero-order valence-electron chi connectivity index (χ0n) is 16.3. The van der Waals surface area contributed by atoms with Gasteiger partial charge in [-0.1, -0.05) is 18.9 Å². The number of pyridine rings is 2. The fraction of sp³-hybridized carbons (Fsp3) is 0.500. The summed E-state index contributed by atoms with van der Waals surface area (Å²) >= 11 is 0. The van der Waals surface area contributed by atoms with Gasteiger partial charge < -0.3 is 10.2 Å². The molecule has 5 rings (SSSR count). The Morgan fingerprint density at radius 2 is 1.89 bits per heavy atom. The molecule has 0 amide bonds. The van der Waals surface area contributed by atoms with Crippen LogP contribution in [0.4, 0.5) is 5.69 Å². The lowest BCUT2D eigenvalue weighted by molar-refractivity contribution is 0.152. The van der Waals surface area contributed by atoms with Crippen LogP contribution in [-0.4, -0.2) is 43.6 Å². The van der Waals surface area contributed by atoms with Gasteiger partial charge in [0.15, 0.2) is 11.5 Å². The summed E-state index contributed by atoms with van der Waals surface area (Å²) in [6.45, 7) is 3.14. The Morgan fingerprint density at radius 1 is 1.04 bits per heavy atom. The highest BCUT2D eigenvalue weighted by molar-refractivity contribution is 5.49.